The summed E-state index contributed by atoms with van der Waals surface area (Å²) in [5.74, 6) is 0. The molecule has 20 heavy (non-hydrogen) atoms. The third-order valence-corrected chi connectivity index (χ3v) is 4.22. The molecule has 1 fully saturated rings. The number of halogens is 1. The van der Waals surface area contributed by atoms with Crippen LogP contribution in [0.15, 0.2) is 18.2 Å². The normalized spacial score (nSPS) is 19.9. The highest BCUT2D eigenvalue weighted by molar-refractivity contribution is 6.30. The molecule has 112 valence electrons. The summed E-state index contributed by atoms with van der Waals surface area (Å²) in [5, 5.41) is 0.776. The van der Waals surface area contributed by atoms with Crippen molar-refractivity contribution in [2.24, 2.45) is 5.73 Å². The van der Waals surface area contributed by atoms with Gasteiger partial charge in [0.2, 0.25) is 0 Å². The molecule has 1 unspecified atom stereocenters. The first-order chi connectivity index (χ1) is 9.44. The van der Waals surface area contributed by atoms with E-state index in [2.05, 4.69) is 37.8 Å². The van der Waals surface area contributed by atoms with Crippen molar-refractivity contribution in [2.45, 2.75) is 45.2 Å². The Labute approximate surface area is 127 Å². The number of rotatable bonds is 4. The summed E-state index contributed by atoms with van der Waals surface area (Å²) in [6.45, 7) is 8.96. The quantitative estimate of drug-likeness (QED) is 0.927. The van der Waals surface area contributed by atoms with E-state index in [1.54, 1.807) is 0 Å². The summed E-state index contributed by atoms with van der Waals surface area (Å²) >= 11 is 6.17. The van der Waals surface area contributed by atoms with Gasteiger partial charge in [0.05, 0.1) is 18.8 Å². The number of morpholine rings is 1. The Morgan fingerprint density at radius 3 is 2.85 bits per heavy atom. The second-order valence-corrected chi connectivity index (χ2v) is 6.60. The first kappa shape index (κ1) is 15.6. The van der Waals surface area contributed by atoms with E-state index in [0.717, 1.165) is 37.6 Å². The van der Waals surface area contributed by atoms with Crippen LogP contribution in [0.25, 0.3) is 0 Å². The highest BCUT2D eigenvalue weighted by atomic mass is 35.5. The molecule has 0 spiro atoms. The van der Waals surface area contributed by atoms with Crippen molar-refractivity contribution in [1.82, 2.24) is 0 Å². The fourth-order valence-corrected chi connectivity index (χ4v) is 2.91. The molecule has 2 N–H and O–H groups in total. The van der Waals surface area contributed by atoms with Crippen LogP contribution in [0, 0.1) is 0 Å². The smallest absolute Gasteiger partial charge is 0.0694 e. The minimum Gasteiger partial charge on any atom is -0.377 e. The number of hydrogen-bond donors (Lipinski definition) is 1. The monoisotopic (exact) mass is 296 g/mol. The highest BCUT2D eigenvalue weighted by Crippen LogP contribution is 2.32. The van der Waals surface area contributed by atoms with Crippen LogP contribution in [0.1, 0.15) is 32.8 Å². The number of benzene rings is 1. The van der Waals surface area contributed by atoms with Crippen LogP contribution in [0.4, 0.5) is 5.69 Å². The predicted molar refractivity (Wildman–Crippen MR) is 85.7 cm³/mol. The van der Waals surface area contributed by atoms with Gasteiger partial charge in [0.25, 0.3) is 0 Å². The predicted octanol–water partition coefficient (Wildman–Crippen LogP) is 3.24. The van der Waals surface area contributed by atoms with Crippen LogP contribution in [0.3, 0.4) is 0 Å². The molecule has 1 atom stereocenters. The van der Waals surface area contributed by atoms with Gasteiger partial charge in [-0.2, -0.15) is 0 Å². The molecular weight excluding hydrogens is 272 g/mol. The van der Waals surface area contributed by atoms with Crippen LogP contribution in [0.2, 0.25) is 5.02 Å². The topological polar surface area (TPSA) is 38.5 Å². The van der Waals surface area contributed by atoms with Crippen molar-refractivity contribution >= 4 is 17.3 Å². The molecule has 1 aromatic carbocycles. The van der Waals surface area contributed by atoms with E-state index in [4.69, 9.17) is 22.1 Å². The van der Waals surface area contributed by atoms with E-state index in [1.165, 1.54) is 11.3 Å². The van der Waals surface area contributed by atoms with Gasteiger partial charge in [0.15, 0.2) is 0 Å². The second-order valence-electron chi connectivity index (χ2n) is 6.16. The first-order valence-corrected chi connectivity index (χ1v) is 7.71. The molecule has 1 aliphatic heterocycles. The van der Waals surface area contributed by atoms with Crippen LogP contribution in [-0.4, -0.2) is 31.3 Å². The van der Waals surface area contributed by atoms with Crippen molar-refractivity contribution in [1.29, 1.82) is 0 Å². The SMILES string of the molecule is CCC(N)Cc1cc(Cl)ccc1N1CCOCC1(C)C. The number of nitrogens with zero attached hydrogens (tertiary/aromatic N) is 1. The summed E-state index contributed by atoms with van der Waals surface area (Å²) < 4.78 is 5.61. The summed E-state index contributed by atoms with van der Waals surface area (Å²) in [4.78, 5) is 2.42. The Bertz CT molecular complexity index is 462. The maximum Gasteiger partial charge on any atom is 0.0694 e. The molecule has 0 radical (unpaired) electrons. The zero-order chi connectivity index (χ0) is 14.8. The van der Waals surface area contributed by atoms with Gasteiger partial charge in [-0.25, -0.2) is 0 Å². The van der Waals surface area contributed by atoms with E-state index in [-0.39, 0.29) is 11.6 Å². The summed E-state index contributed by atoms with van der Waals surface area (Å²) in [6.07, 6.45) is 1.83. The molecular formula is C16H25ClN2O. The molecule has 0 saturated carbocycles. The Kier molecular flexibility index (Phi) is 4.95. The van der Waals surface area contributed by atoms with Crippen LogP contribution in [-0.2, 0) is 11.2 Å². The number of anilines is 1. The minimum atomic E-state index is -0.00284. The summed E-state index contributed by atoms with van der Waals surface area (Å²) in [5.41, 5.74) is 8.61. The Balaban J connectivity index is 2.34. The summed E-state index contributed by atoms with van der Waals surface area (Å²) in [7, 11) is 0. The molecule has 0 bridgehead atoms. The third kappa shape index (κ3) is 3.46. The molecule has 4 heteroatoms. The van der Waals surface area contributed by atoms with Gasteiger partial charge in [-0.1, -0.05) is 18.5 Å². The lowest BCUT2D eigenvalue weighted by Gasteiger charge is -2.44. The lowest BCUT2D eigenvalue weighted by Crippen LogP contribution is -2.53. The minimum absolute atomic E-state index is 0.00284. The van der Waals surface area contributed by atoms with Crippen molar-refractivity contribution in [3.8, 4) is 0 Å². The Hall–Kier alpha value is -0.770. The molecule has 3 nitrogen and oxygen atoms in total. The zero-order valence-electron chi connectivity index (χ0n) is 12.7. The van der Waals surface area contributed by atoms with Crippen LogP contribution >= 0.6 is 11.6 Å². The molecule has 2 rings (SSSR count). The standard InChI is InChI=1S/C16H25ClN2O/c1-4-14(18)10-12-9-13(17)5-6-15(12)19-7-8-20-11-16(19,2)3/h5-6,9,14H,4,7-8,10-11,18H2,1-3H3. The maximum atomic E-state index is 6.17. The lowest BCUT2D eigenvalue weighted by molar-refractivity contribution is 0.0643. The number of hydrogen-bond acceptors (Lipinski definition) is 3. The zero-order valence-corrected chi connectivity index (χ0v) is 13.4. The van der Waals surface area contributed by atoms with Crippen molar-refractivity contribution in [3.63, 3.8) is 0 Å². The maximum absolute atomic E-state index is 6.17. The van der Waals surface area contributed by atoms with Crippen molar-refractivity contribution in [2.75, 3.05) is 24.7 Å². The van der Waals surface area contributed by atoms with Gasteiger partial charge in [0.1, 0.15) is 0 Å². The molecule has 1 aliphatic rings. The van der Waals surface area contributed by atoms with Gasteiger partial charge in [-0.05, 0) is 50.5 Å². The van der Waals surface area contributed by atoms with E-state index < -0.39 is 0 Å². The lowest BCUT2D eigenvalue weighted by atomic mass is 9.97. The molecule has 0 aliphatic carbocycles. The Morgan fingerprint density at radius 1 is 1.45 bits per heavy atom. The van der Waals surface area contributed by atoms with E-state index in [1.807, 2.05) is 6.07 Å². The highest BCUT2D eigenvalue weighted by Gasteiger charge is 2.31. The van der Waals surface area contributed by atoms with E-state index in [9.17, 15) is 0 Å². The van der Waals surface area contributed by atoms with Crippen LogP contribution in [0.5, 0.6) is 0 Å². The van der Waals surface area contributed by atoms with Gasteiger partial charge < -0.3 is 15.4 Å². The third-order valence-electron chi connectivity index (χ3n) is 3.98. The van der Waals surface area contributed by atoms with Gasteiger partial charge in [-0.3, -0.25) is 0 Å². The molecule has 0 amide bonds. The number of ether oxygens (including phenoxy) is 1. The molecule has 0 aromatic heterocycles. The molecule has 1 heterocycles. The van der Waals surface area contributed by atoms with Crippen LogP contribution < -0.4 is 10.6 Å². The molecule has 1 saturated heterocycles. The average molecular weight is 297 g/mol. The van der Waals surface area contributed by atoms with Gasteiger partial charge >= 0.3 is 0 Å². The largest absolute Gasteiger partial charge is 0.377 e. The van der Waals surface area contributed by atoms with Gasteiger partial charge in [-0.15, -0.1) is 0 Å². The Morgan fingerprint density at radius 2 is 2.20 bits per heavy atom. The molecule has 1 aromatic rings. The van der Waals surface area contributed by atoms with E-state index >= 15 is 0 Å². The first-order valence-electron chi connectivity index (χ1n) is 7.33. The van der Waals surface area contributed by atoms with Crippen molar-refractivity contribution in [3.05, 3.63) is 28.8 Å². The van der Waals surface area contributed by atoms with E-state index in [0.29, 0.717) is 0 Å². The fraction of sp³-hybridized carbons (Fsp3) is 0.625. The number of nitrogens with two attached hydrogens (primary N) is 1. The fourth-order valence-electron chi connectivity index (χ4n) is 2.71. The van der Waals surface area contributed by atoms with Gasteiger partial charge in [0, 0.05) is 23.3 Å². The summed E-state index contributed by atoms with van der Waals surface area (Å²) in [6, 6.07) is 6.31. The van der Waals surface area contributed by atoms with Crippen molar-refractivity contribution < 1.29 is 4.74 Å². The second kappa shape index (κ2) is 6.33. The average Bonchev–Trinajstić information content (AvgIpc) is 2.39.